The summed E-state index contributed by atoms with van der Waals surface area (Å²) in [4.78, 5) is 20.0. The number of nitrogens with zero attached hydrogens (tertiary/aromatic N) is 2. The maximum Gasteiger partial charge on any atom is 0.345 e. The van der Waals surface area contributed by atoms with Crippen LogP contribution < -0.4 is 5.32 Å². The number of furan rings is 1. The van der Waals surface area contributed by atoms with E-state index in [1.54, 1.807) is 24.6 Å². The predicted molar refractivity (Wildman–Crippen MR) is 113 cm³/mol. The number of rotatable bonds is 6. The summed E-state index contributed by atoms with van der Waals surface area (Å²) in [5.41, 5.74) is 2.28. The molecule has 3 aromatic rings. The predicted octanol–water partition coefficient (Wildman–Crippen LogP) is 4.41. The van der Waals surface area contributed by atoms with Crippen LogP contribution >= 0.6 is 12.4 Å². The second-order valence-electron chi connectivity index (χ2n) is 6.22. The largest absolute Gasteiger partial charge is 0.504 e. The second kappa shape index (κ2) is 8.62. The van der Waals surface area contributed by atoms with Crippen LogP contribution in [0.15, 0.2) is 58.1 Å². The van der Waals surface area contributed by atoms with Crippen LogP contribution in [0.4, 0.5) is 11.7 Å². The van der Waals surface area contributed by atoms with Crippen LogP contribution in [0.5, 0.6) is 5.75 Å². The molecule has 4 rings (SSSR count). The van der Waals surface area contributed by atoms with E-state index in [0.717, 1.165) is 11.1 Å². The van der Waals surface area contributed by atoms with Gasteiger partial charge in [-0.2, -0.15) is 0 Å². The Morgan fingerprint density at radius 2 is 1.97 bits per heavy atom. The van der Waals surface area contributed by atoms with E-state index in [2.05, 4.69) is 15.3 Å². The molecule has 3 heterocycles. The molecule has 0 radical (unpaired) electrons. The van der Waals surface area contributed by atoms with Gasteiger partial charge in [0.15, 0.2) is 22.9 Å². The van der Waals surface area contributed by atoms with Crippen molar-refractivity contribution in [2.24, 2.45) is 4.99 Å². The zero-order chi connectivity index (χ0) is 19.5. The van der Waals surface area contributed by atoms with Crippen molar-refractivity contribution in [2.45, 2.75) is 6.42 Å². The van der Waals surface area contributed by atoms with Gasteiger partial charge >= 0.3 is 5.97 Å². The summed E-state index contributed by atoms with van der Waals surface area (Å²) in [7, 11) is 0. The van der Waals surface area contributed by atoms with E-state index in [1.807, 2.05) is 36.4 Å². The van der Waals surface area contributed by atoms with Crippen LogP contribution in [0.2, 0.25) is 0 Å². The number of aromatic hydroxyl groups is 1. The van der Waals surface area contributed by atoms with Crippen molar-refractivity contribution in [3.63, 3.8) is 0 Å². The van der Waals surface area contributed by atoms with Crippen molar-refractivity contribution in [1.82, 2.24) is 4.98 Å². The summed E-state index contributed by atoms with van der Waals surface area (Å²) in [5.74, 6) is -1.05. The van der Waals surface area contributed by atoms with E-state index in [-0.39, 0.29) is 29.6 Å². The molecule has 3 N–H and O–H groups in total. The highest BCUT2D eigenvalue weighted by Gasteiger charge is 2.25. The van der Waals surface area contributed by atoms with Crippen LogP contribution in [0.25, 0.3) is 11.6 Å². The van der Waals surface area contributed by atoms with Crippen LogP contribution in [0.3, 0.4) is 0 Å². The van der Waals surface area contributed by atoms with Gasteiger partial charge in [-0.1, -0.05) is 30.3 Å². The first-order valence-electron chi connectivity index (χ1n) is 8.71. The lowest BCUT2D eigenvalue weighted by molar-refractivity contribution is 0.0694. The van der Waals surface area contributed by atoms with Gasteiger partial charge in [0, 0.05) is 30.1 Å². The minimum atomic E-state index is -1.27. The quantitative estimate of drug-likeness (QED) is 0.554. The smallest absolute Gasteiger partial charge is 0.345 e. The number of carbonyl (C=O) groups is 1. The maximum absolute atomic E-state index is 11.6. The van der Waals surface area contributed by atoms with Crippen molar-refractivity contribution >= 4 is 47.9 Å². The molecule has 0 amide bonds. The molecule has 2 aromatic heterocycles. The molecule has 0 saturated heterocycles. The molecule has 0 aliphatic carbocycles. The first-order valence-corrected chi connectivity index (χ1v) is 8.71. The molecule has 0 spiro atoms. The zero-order valence-corrected chi connectivity index (χ0v) is 16.0. The summed E-state index contributed by atoms with van der Waals surface area (Å²) in [6.45, 7) is 0.460. The van der Waals surface area contributed by atoms with Crippen molar-refractivity contribution in [3.05, 3.63) is 71.1 Å². The Morgan fingerprint density at radius 1 is 1.17 bits per heavy atom. The number of aromatic nitrogens is 1. The van der Waals surface area contributed by atoms with Gasteiger partial charge in [0.25, 0.3) is 0 Å². The third-order valence-corrected chi connectivity index (χ3v) is 4.38. The SMILES string of the molecule is Cl.O=C(O)c1c(NCCc2ccccc2)oc(/C=C2\C=Nc3ncccc32)c1O. The monoisotopic (exact) mass is 411 g/mol. The van der Waals surface area contributed by atoms with Crippen molar-refractivity contribution in [3.8, 4) is 5.75 Å². The average Bonchev–Trinajstić information content (AvgIpc) is 3.24. The molecule has 0 unspecified atom stereocenters. The fourth-order valence-corrected chi connectivity index (χ4v) is 3.01. The van der Waals surface area contributed by atoms with Crippen LogP contribution in [0, 0.1) is 0 Å². The molecule has 0 bridgehead atoms. The normalized spacial score (nSPS) is 13.2. The molecule has 0 fully saturated rings. The van der Waals surface area contributed by atoms with Crippen molar-refractivity contribution in [2.75, 3.05) is 11.9 Å². The summed E-state index contributed by atoms with van der Waals surface area (Å²) < 4.78 is 5.62. The highest BCUT2D eigenvalue weighted by molar-refractivity contribution is 6.21. The number of aromatic carboxylic acids is 1. The van der Waals surface area contributed by atoms with Crippen LogP contribution in [-0.2, 0) is 6.42 Å². The van der Waals surface area contributed by atoms with E-state index in [1.165, 1.54) is 0 Å². The summed E-state index contributed by atoms with van der Waals surface area (Å²) in [6, 6.07) is 13.4. The molecular weight excluding hydrogens is 394 g/mol. The number of hydrogen-bond acceptors (Lipinski definition) is 6. The molecule has 1 aliphatic heterocycles. The Kier molecular flexibility index (Phi) is 5.99. The lowest BCUT2D eigenvalue weighted by Crippen LogP contribution is -2.07. The maximum atomic E-state index is 11.6. The molecule has 0 atom stereocenters. The number of pyridine rings is 1. The topological polar surface area (TPSA) is 108 Å². The summed E-state index contributed by atoms with van der Waals surface area (Å²) in [5, 5.41) is 22.8. The Hall–Kier alpha value is -3.58. The number of halogens is 1. The number of fused-ring (bicyclic) bond motifs is 1. The van der Waals surface area contributed by atoms with Gasteiger partial charge in [-0.25, -0.2) is 14.8 Å². The van der Waals surface area contributed by atoms with E-state index >= 15 is 0 Å². The average molecular weight is 412 g/mol. The highest BCUT2D eigenvalue weighted by atomic mass is 35.5. The van der Waals surface area contributed by atoms with E-state index < -0.39 is 11.7 Å². The third-order valence-electron chi connectivity index (χ3n) is 4.38. The molecule has 0 saturated carbocycles. The molecule has 7 nitrogen and oxygen atoms in total. The van der Waals surface area contributed by atoms with Crippen LogP contribution in [0.1, 0.15) is 27.2 Å². The van der Waals surface area contributed by atoms with Gasteiger partial charge in [0.05, 0.1) is 0 Å². The number of carboxylic acids is 1. The molecule has 148 valence electrons. The van der Waals surface area contributed by atoms with Gasteiger partial charge in [-0.3, -0.25) is 0 Å². The number of allylic oxidation sites excluding steroid dienone is 1. The molecule has 1 aromatic carbocycles. The van der Waals surface area contributed by atoms with Crippen LogP contribution in [-0.4, -0.2) is 33.9 Å². The molecule has 1 aliphatic rings. The second-order valence-corrected chi connectivity index (χ2v) is 6.22. The fraction of sp³-hybridized carbons (Fsp3) is 0.0952. The minimum Gasteiger partial charge on any atom is -0.504 e. The Bertz CT molecular complexity index is 1090. The Balaban J connectivity index is 0.00000240. The standard InChI is InChI=1S/C21H17N3O4.ClH/c25-18-16(11-14-12-24-19-15(14)7-4-9-22-19)28-20(17(18)21(26)27)23-10-8-13-5-2-1-3-6-13;/h1-7,9,11-12,23,25H,8,10H2,(H,26,27);1H/b14-11+;. The van der Waals surface area contributed by atoms with Crippen molar-refractivity contribution in [1.29, 1.82) is 0 Å². The fourth-order valence-electron chi connectivity index (χ4n) is 3.01. The number of nitrogens with one attached hydrogen (secondary N) is 1. The highest BCUT2D eigenvalue weighted by Crippen LogP contribution is 2.37. The molecular formula is C21H18ClN3O4. The van der Waals surface area contributed by atoms with E-state index in [4.69, 9.17) is 4.42 Å². The van der Waals surface area contributed by atoms with E-state index in [0.29, 0.717) is 24.4 Å². The van der Waals surface area contributed by atoms with Gasteiger partial charge in [0.1, 0.15) is 0 Å². The Labute approximate surface area is 172 Å². The van der Waals surface area contributed by atoms with Crippen molar-refractivity contribution < 1.29 is 19.4 Å². The van der Waals surface area contributed by atoms with Gasteiger partial charge in [0.2, 0.25) is 5.88 Å². The lowest BCUT2D eigenvalue weighted by atomic mass is 10.1. The van der Waals surface area contributed by atoms with E-state index in [9.17, 15) is 15.0 Å². The van der Waals surface area contributed by atoms with Gasteiger partial charge in [-0.05, 0) is 30.2 Å². The Morgan fingerprint density at radius 3 is 2.72 bits per heavy atom. The van der Waals surface area contributed by atoms with Gasteiger partial charge in [-0.15, -0.1) is 12.4 Å². The lowest BCUT2D eigenvalue weighted by Gasteiger charge is -2.04. The third kappa shape index (κ3) is 4.14. The summed E-state index contributed by atoms with van der Waals surface area (Å²) >= 11 is 0. The number of benzene rings is 1. The number of aliphatic imine (C=N–C) groups is 1. The summed E-state index contributed by atoms with van der Waals surface area (Å²) in [6.07, 6.45) is 5.48. The number of anilines is 1. The first-order chi connectivity index (χ1) is 13.6. The number of carboxylic acid groups (broad SMARTS) is 1. The zero-order valence-electron chi connectivity index (χ0n) is 15.2. The van der Waals surface area contributed by atoms with Gasteiger partial charge < -0.3 is 19.9 Å². The molecule has 29 heavy (non-hydrogen) atoms. The minimum absolute atomic E-state index is 0. The number of hydrogen-bond donors (Lipinski definition) is 3. The molecule has 8 heteroatoms. The first kappa shape index (κ1) is 20.2.